The Hall–Kier alpha value is -3.13. The molecule has 1 aromatic carbocycles. The molecule has 154 valence electrons. The molecule has 0 spiro atoms. The van der Waals surface area contributed by atoms with E-state index in [2.05, 4.69) is 9.97 Å². The summed E-state index contributed by atoms with van der Waals surface area (Å²) in [6.45, 7) is 1.88. The van der Waals surface area contributed by atoms with Crippen molar-refractivity contribution in [2.24, 2.45) is 0 Å². The second-order valence-corrected chi connectivity index (χ2v) is 7.93. The van der Waals surface area contributed by atoms with Gasteiger partial charge >= 0.3 is 0 Å². The van der Waals surface area contributed by atoms with Crippen LogP contribution in [0.5, 0.6) is 0 Å². The summed E-state index contributed by atoms with van der Waals surface area (Å²) in [5, 5.41) is 2.73. The van der Waals surface area contributed by atoms with Gasteiger partial charge in [-0.15, -0.1) is 11.3 Å². The summed E-state index contributed by atoms with van der Waals surface area (Å²) in [5.41, 5.74) is 1.73. The van der Waals surface area contributed by atoms with Crippen LogP contribution in [-0.2, 0) is 11.2 Å². The molecule has 8 heteroatoms. The SMILES string of the molecule is O=C(Cc1csc(-c2cccnc2)n1)N1CCCN(C(=O)c2ccccc2F)CC1. The Morgan fingerprint density at radius 3 is 2.63 bits per heavy atom. The van der Waals surface area contributed by atoms with Gasteiger partial charge in [-0.25, -0.2) is 9.37 Å². The lowest BCUT2D eigenvalue weighted by atomic mass is 10.2. The van der Waals surface area contributed by atoms with Crippen LogP contribution in [0, 0.1) is 5.82 Å². The standard InChI is InChI=1S/C22H21FN4O2S/c23-19-7-2-1-6-18(19)22(29)27-10-4-9-26(11-12-27)20(28)13-17-15-30-21(25-17)16-5-3-8-24-14-16/h1-3,5-8,14-15H,4,9-13H2. The number of pyridine rings is 1. The third kappa shape index (κ3) is 4.54. The number of amides is 2. The minimum atomic E-state index is -0.521. The highest BCUT2D eigenvalue weighted by Crippen LogP contribution is 2.23. The third-order valence-electron chi connectivity index (χ3n) is 5.03. The van der Waals surface area contributed by atoms with Gasteiger partial charge in [0.15, 0.2) is 0 Å². The Morgan fingerprint density at radius 2 is 1.83 bits per heavy atom. The lowest BCUT2D eigenvalue weighted by molar-refractivity contribution is -0.130. The highest BCUT2D eigenvalue weighted by atomic mass is 32.1. The zero-order chi connectivity index (χ0) is 20.9. The molecule has 1 aliphatic rings. The predicted octanol–water partition coefficient (Wildman–Crippen LogP) is 3.26. The summed E-state index contributed by atoms with van der Waals surface area (Å²) in [6.07, 6.45) is 4.34. The number of nitrogens with zero attached hydrogens (tertiary/aromatic N) is 4. The van der Waals surface area contributed by atoms with Gasteiger partial charge < -0.3 is 9.80 Å². The van der Waals surface area contributed by atoms with E-state index in [0.717, 1.165) is 16.3 Å². The van der Waals surface area contributed by atoms with E-state index in [0.29, 0.717) is 32.6 Å². The highest BCUT2D eigenvalue weighted by Gasteiger charge is 2.24. The van der Waals surface area contributed by atoms with Crippen LogP contribution in [0.2, 0.25) is 0 Å². The van der Waals surface area contributed by atoms with Gasteiger partial charge in [0, 0.05) is 49.5 Å². The van der Waals surface area contributed by atoms with Crippen LogP contribution < -0.4 is 0 Å². The maximum atomic E-state index is 13.9. The number of hydrogen-bond acceptors (Lipinski definition) is 5. The summed E-state index contributed by atoms with van der Waals surface area (Å²) in [6, 6.07) is 9.79. The Morgan fingerprint density at radius 1 is 1.03 bits per heavy atom. The molecule has 4 rings (SSSR count). The number of benzene rings is 1. The first-order valence-corrected chi connectivity index (χ1v) is 10.7. The van der Waals surface area contributed by atoms with Crippen LogP contribution in [0.1, 0.15) is 22.5 Å². The molecule has 3 aromatic rings. The quantitative estimate of drug-likeness (QED) is 0.645. The maximum Gasteiger partial charge on any atom is 0.256 e. The largest absolute Gasteiger partial charge is 0.341 e. The third-order valence-corrected chi connectivity index (χ3v) is 5.97. The number of carbonyl (C=O) groups is 2. The van der Waals surface area contributed by atoms with Crippen molar-refractivity contribution >= 4 is 23.2 Å². The van der Waals surface area contributed by atoms with Crippen LogP contribution >= 0.6 is 11.3 Å². The average molecular weight is 425 g/mol. The van der Waals surface area contributed by atoms with Gasteiger partial charge in [0.2, 0.25) is 5.91 Å². The van der Waals surface area contributed by atoms with Crippen LogP contribution in [0.15, 0.2) is 54.2 Å². The number of hydrogen-bond donors (Lipinski definition) is 0. The van der Waals surface area contributed by atoms with E-state index in [1.54, 1.807) is 34.3 Å². The predicted molar refractivity (Wildman–Crippen MR) is 113 cm³/mol. The van der Waals surface area contributed by atoms with Crippen molar-refractivity contribution in [1.82, 2.24) is 19.8 Å². The summed E-state index contributed by atoms with van der Waals surface area (Å²) >= 11 is 1.49. The number of halogens is 1. The lowest BCUT2D eigenvalue weighted by Crippen LogP contribution is -2.38. The summed E-state index contributed by atoms with van der Waals surface area (Å²) in [4.78, 5) is 37.5. The van der Waals surface area contributed by atoms with Gasteiger partial charge in [0.1, 0.15) is 10.8 Å². The van der Waals surface area contributed by atoms with E-state index in [-0.39, 0.29) is 23.8 Å². The Kier molecular flexibility index (Phi) is 6.13. The monoisotopic (exact) mass is 424 g/mol. The van der Waals surface area contributed by atoms with E-state index in [9.17, 15) is 14.0 Å². The van der Waals surface area contributed by atoms with E-state index < -0.39 is 5.82 Å². The van der Waals surface area contributed by atoms with Gasteiger partial charge in [-0.2, -0.15) is 0 Å². The lowest BCUT2D eigenvalue weighted by Gasteiger charge is -2.22. The fourth-order valence-electron chi connectivity index (χ4n) is 3.45. The summed E-state index contributed by atoms with van der Waals surface area (Å²) in [7, 11) is 0. The second kappa shape index (κ2) is 9.13. The van der Waals surface area contributed by atoms with E-state index in [1.807, 2.05) is 17.5 Å². The number of thiazole rings is 1. The van der Waals surface area contributed by atoms with Crippen molar-refractivity contribution in [3.8, 4) is 10.6 Å². The average Bonchev–Trinajstić information content (AvgIpc) is 3.09. The molecule has 1 aliphatic heterocycles. The first kappa shape index (κ1) is 20.2. The molecule has 1 saturated heterocycles. The number of rotatable bonds is 4. The van der Waals surface area contributed by atoms with Crippen LogP contribution in [0.25, 0.3) is 10.6 Å². The maximum absolute atomic E-state index is 13.9. The molecule has 6 nitrogen and oxygen atoms in total. The topological polar surface area (TPSA) is 66.4 Å². The Labute approximate surface area is 178 Å². The fraction of sp³-hybridized carbons (Fsp3) is 0.273. The van der Waals surface area contributed by atoms with Crippen molar-refractivity contribution in [2.75, 3.05) is 26.2 Å². The van der Waals surface area contributed by atoms with E-state index in [4.69, 9.17) is 0 Å². The van der Waals surface area contributed by atoms with Crippen LogP contribution in [0.4, 0.5) is 4.39 Å². The zero-order valence-corrected chi connectivity index (χ0v) is 17.1. The fourth-order valence-corrected chi connectivity index (χ4v) is 4.26. The molecule has 0 N–H and O–H groups in total. The van der Waals surface area contributed by atoms with Crippen molar-refractivity contribution < 1.29 is 14.0 Å². The van der Waals surface area contributed by atoms with E-state index in [1.165, 1.54) is 23.5 Å². The van der Waals surface area contributed by atoms with Gasteiger partial charge in [0.05, 0.1) is 17.7 Å². The van der Waals surface area contributed by atoms with Gasteiger partial charge in [0.25, 0.3) is 5.91 Å². The minimum Gasteiger partial charge on any atom is -0.341 e. The zero-order valence-electron chi connectivity index (χ0n) is 16.3. The minimum absolute atomic E-state index is 0.0155. The van der Waals surface area contributed by atoms with Crippen molar-refractivity contribution in [2.45, 2.75) is 12.8 Å². The van der Waals surface area contributed by atoms with Gasteiger partial charge in [-0.1, -0.05) is 12.1 Å². The molecule has 2 aromatic heterocycles. The van der Waals surface area contributed by atoms with Crippen LogP contribution in [0.3, 0.4) is 0 Å². The number of carbonyl (C=O) groups excluding carboxylic acids is 2. The molecule has 1 fully saturated rings. The second-order valence-electron chi connectivity index (χ2n) is 7.07. The smallest absolute Gasteiger partial charge is 0.256 e. The molecule has 0 radical (unpaired) electrons. The first-order chi connectivity index (χ1) is 14.6. The molecule has 0 unspecified atom stereocenters. The Bertz CT molecular complexity index is 1040. The molecule has 0 bridgehead atoms. The van der Waals surface area contributed by atoms with E-state index >= 15 is 0 Å². The van der Waals surface area contributed by atoms with Crippen molar-refractivity contribution in [3.63, 3.8) is 0 Å². The molecular weight excluding hydrogens is 403 g/mol. The molecule has 0 aliphatic carbocycles. The molecule has 3 heterocycles. The van der Waals surface area contributed by atoms with Gasteiger partial charge in [-0.05, 0) is 30.7 Å². The highest BCUT2D eigenvalue weighted by molar-refractivity contribution is 7.13. The Balaban J connectivity index is 1.36. The van der Waals surface area contributed by atoms with Crippen molar-refractivity contribution in [1.29, 1.82) is 0 Å². The molecule has 0 saturated carbocycles. The molecule has 0 atom stereocenters. The summed E-state index contributed by atoms with van der Waals surface area (Å²) < 4.78 is 13.9. The molecular formula is C22H21FN4O2S. The summed E-state index contributed by atoms with van der Waals surface area (Å²) in [5.74, 6) is -0.867. The molecule has 2 amide bonds. The van der Waals surface area contributed by atoms with Crippen molar-refractivity contribution in [3.05, 3.63) is 71.2 Å². The normalized spacial score (nSPS) is 14.4. The molecule has 30 heavy (non-hydrogen) atoms. The number of aromatic nitrogens is 2. The van der Waals surface area contributed by atoms with Gasteiger partial charge in [-0.3, -0.25) is 14.6 Å². The van der Waals surface area contributed by atoms with Crippen LogP contribution in [-0.4, -0.2) is 57.8 Å². The first-order valence-electron chi connectivity index (χ1n) is 9.78.